The zero-order valence-electron chi connectivity index (χ0n) is 14.7. The number of hydrogen-bond acceptors (Lipinski definition) is 4. The Balaban J connectivity index is 2.43. The molecular formula is C18H20ClN3O4. The van der Waals surface area contributed by atoms with Gasteiger partial charge in [0.15, 0.2) is 5.78 Å². The lowest BCUT2D eigenvalue weighted by molar-refractivity contribution is -0.136. The largest absolute Gasteiger partial charge is 0.481 e. The SMILES string of the molecule is CC(C)(C)n1ncc(C(=O)c2cccc(Cl)c2)c1C(=O)NCCC(=O)O. The highest BCUT2D eigenvalue weighted by Gasteiger charge is 2.29. The summed E-state index contributed by atoms with van der Waals surface area (Å²) in [5.41, 5.74) is 0.0141. The van der Waals surface area contributed by atoms with E-state index in [1.54, 1.807) is 18.2 Å². The van der Waals surface area contributed by atoms with Gasteiger partial charge in [0.2, 0.25) is 0 Å². The molecule has 0 fully saturated rings. The number of aliphatic carboxylic acids is 1. The van der Waals surface area contributed by atoms with Crippen molar-refractivity contribution in [2.45, 2.75) is 32.7 Å². The van der Waals surface area contributed by atoms with E-state index >= 15 is 0 Å². The third kappa shape index (κ3) is 4.49. The van der Waals surface area contributed by atoms with E-state index < -0.39 is 17.4 Å². The summed E-state index contributed by atoms with van der Waals surface area (Å²) in [6.07, 6.45) is 1.13. The predicted octanol–water partition coefficient (Wildman–Crippen LogP) is 2.73. The summed E-state index contributed by atoms with van der Waals surface area (Å²) >= 11 is 5.95. The van der Waals surface area contributed by atoms with Crippen LogP contribution in [0.4, 0.5) is 0 Å². The molecule has 0 unspecified atom stereocenters. The molecule has 2 rings (SSSR count). The van der Waals surface area contributed by atoms with Crippen LogP contribution in [0.1, 0.15) is 53.6 Å². The second-order valence-corrected chi connectivity index (χ2v) is 7.17. The van der Waals surface area contributed by atoms with Crippen LogP contribution in [0.3, 0.4) is 0 Å². The summed E-state index contributed by atoms with van der Waals surface area (Å²) in [4.78, 5) is 36.1. The van der Waals surface area contributed by atoms with Crippen LogP contribution < -0.4 is 5.32 Å². The zero-order valence-corrected chi connectivity index (χ0v) is 15.5. The molecule has 138 valence electrons. The lowest BCUT2D eigenvalue weighted by atomic mass is 10.0. The fraction of sp³-hybridized carbons (Fsp3) is 0.333. The van der Waals surface area contributed by atoms with Crippen molar-refractivity contribution < 1.29 is 19.5 Å². The first-order valence-electron chi connectivity index (χ1n) is 8.00. The first-order chi connectivity index (χ1) is 12.1. The van der Waals surface area contributed by atoms with E-state index in [-0.39, 0.29) is 30.0 Å². The summed E-state index contributed by atoms with van der Waals surface area (Å²) in [5.74, 6) is -1.96. The fourth-order valence-electron chi connectivity index (χ4n) is 2.39. The maximum atomic E-state index is 12.9. The minimum absolute atomic E-state index is 0.0473. The molecule has 0 bridgehead atoms. The number of benzene rings is 1. The first kappa shape index (κ1) is 19.7. The van der Waals surface area contributed by atoms with Crippen LogP contribution in [0.15, 0.2) is 30.5 Å². The quantitative estimate of drug-likeness (QED) is 0.754. The van der Waals surface area contributed by atoms with Crippen LogP contribution >= 0.6 is 11.6 Å². The molecule has 0 aliphatic carbocycles. The summed E-state index contributed by atoms with van der Waals surface area (Å²) in [6.45, 7) is 5.50. The lowest BCUT2D eigenvalue weighted by Crippen LogP contribution is -2.34. The molecule has 26 heavy (non-hydrogen) atoms. The van der Waals surface area contributed by atoms with Crippen LogP contribution in [-0.2, 0) is 10.3 Å². The molecule has 0 aliphatic rings. The van der Waals surface area contributed by atoms with Crippen LogP contribution in [0.25, 0.3) is 0 Å². The monoisotopic (exact) mass is 377 g/mol. The molecule has 0 saturated heterocycles. The standard InChI is InChI=1S/C18H20ClN3O4/c1-18(2,3)22-15(17(26)20-8-7-14(23)24)13(10-21-22)16(25)11-5-4-6-12(19)9-11/h4-6,9-10H,7-8H2,1-3H3,(H,20,26)(H,23,24). The normalized spacial score (nSPS) is 11.2. The van der Waals surface area contributed by atoms with Crippen molar-refractivity contribution in [3.05, 3.63) is 52.3 Å². The molecular weight excluding hydrogens is 358 g/mol. The van der Waals surface area contributed by atoms with Gasteiger partial charge in [0, 0.05) is 17.1 Å². The zero-order chi connectivity index (χ0) is 19.5. The number of nitrogens with zero attached hydrogens (tertiary/aromatic N) is 2. The van der Waals surface area contributed by atoms with E-state index in [0.29, 0.717) is 10.6 Å². The molecule has 0 radical (unpaired) electrons. The maximum absolute atomic E-state index is 12.9. The highest BCUT2D eigenvalue weighted by atomic mass is 35.5. The van der Waals surface area contributed by atoms with Gasteiger partial charge in [-0.2, -0.15) is 5.10 Å². The van der Waals surface area contributed by atoms with Crippen LogP contribution in [0.2, 0.25) is 5.02 Å². The van der Waals surface area contributed by atoms with E-state index in [2.05, 4.69) is 10.4 Å². The van der Waals surface area contributed by atoms with E-state index in [1.165, 1.54) is 16.9 Å². The van der Waals surface area contributed by atoms with Crippen LogP contribution in [0, 0.1) is 0 Å². The molecule has 2 aromatic rings. The number of carbonyl (C=O) groups is 3. The average Bonchev–Trinajstić information content (AvgIpc) is 2.99. The van der Waals surface area contributed by atoms with Crippen molar-refractivity contribution in [3.63, 3.8) is 0 Å². The minimum atomic E-state index is -1.02. The smallest absolute Gasteiger partial charge is 0.305 e. The number of amides is 1. The maximum Gasteiger partial charge on any atom is 0.305 e. The number of hydrogen-bond donors (Lipinski definition) is 2. The molecule has 8 heteroatoms. The van der Waals surface area contributed by atoms with E-state index in [4.69, 9.17) is 16.7 Å². The Labute approximate surface area is 156 Å². The molecule has 2 N–H and O–H groups in total. The Morgan fingerprint density at radius 2 is 1.96 bits per heavy atom. The van der Waals surface area contributed by atoms with E-state index in [9.17, 15) is 14.4 Å². The Kier molecular flexibility index (Phi) is 5.82. The third-order valence-corrected chi connectivity index (χ3v) is 3.81. The average molecular weight is 378 g/mol. The number of carboxylic acid groups (broad SMARTS) is 1. The predicted molar refractivity (Wildman–Crippen MR) is 96.7 cm³/mol. The van der Waals surface area contributed by atoms with Gasteiger partial charge >= 0.3 is 5.97 Å². The molecule has 0 aliphatic heterocycles. The summed E-state index contributed by atoms with van der Waals surface area (Å²) in [6, 6.07) is 6.42. The number of rotatable bonds is 6. The van der Waals surface area contributed by atoms with Crippen molar-refractivity contribution in [3.8, 4) is 0 Å². The van der Waals surface area contributed by atoms with Gasteiger partial charge in [0.05, 0.1) is 23.7 Å². The molecule has 7 nitrogen and oxygen atoms in total. The van der Waals surface area contributed by atoms with Gasteiger partial charge < -0.3 is 10.4 Å². The minimum Gasteiger partial charge on any atom is -0.481 e. The second-order valence-electron chi connectivity index (χ2n) is 6.73. The number of aromatic nitrogens is 2. The Hall–Kier alpha value is -2.67. The van der Waals surface area contributed by atoms with Crippen molar-refractivity contribution >= 4 is 29.3 Å². The van der Waals surface area contributed by atoms with Crippen LogP contribution in [0.5, 0.6) is 0 Å². The summed E-state index contributed by atoms with van der Waals surface area (Å²) < 4.78 is 1.46. The van der Waals surface area contributed by atoms with Gasteiger partial charge in [-0.15, -0.1) is 0 Å². The topological polar surface area (TPSA) is 101 Å². The number of halogens is 1. The molecule has 1 heterocycles. The van der Waals surface area contributed by atoms with Crippen molar-refractivity contribution in [1.82, 2.24) is 15.1 Å². The number of ketones is 1. The molecule has 1 aromatic carbocycles. The molecule has 0 saturated carbocycles. The van der Waals surface area contributed by atoms with E-state index in [1.807, 2.05) is 20.8 Å². The summed E-state index contributed by atoms with van der Waals surface area (Å²) in [5, 5.41) is 15.9. The highest BCUT2D eigenvalue weighted by molar-refractivity contribution is 6.31. The van der Waals surface area contributed by atoms with Crippen molar-refractivity contribution in [2.75, 3.05) is 6.54 Å². The van der Waals surface area contributed by atoms with E-state index in [0.717, 1.165) is 0 Å². The lowest BCUT2D eigenvalue weighted by Gasteiger charge is -2.22. The van der Waals surface area contributed by atoms with Crippen molar-refractivity contribution in [2.24, 2.45) is 0 Å². The number of carbonyl (C=O) groups excluding carboxylic acids is 2. The van der Waals surface area contributed by atoms with Gasteiger partial charge in [-0.05, 0) is 32.9 Å². The Bertz CT molecular complexity index is 852. The Morgan fingerprint density at radius 3 is 2.54 bits per heavy atom. The highest BCUT2D eigenvalue weighted by Crippen LogP contribution is 2.22. The van der Waals surface area contributed by atoms with Gasteiger partial charge in [0.25, 0.3) is 5.91 Å². The summed E-state index contributed by atoms with van der Waals surface area (Å²) in [7, 11) is 0. The van der Waals surface area contributed by atoms with Gasteiger partial charge in [-0.1, -0.05) is 23.7 Å². The van der Waals surface area contributed by atoms with Crippen LogP contribution in [-0.4, -0.2) is 39.1 Å². The molecule has 0 spiro atoms. The third-order valence-electron chi connectivity index (χ3n) is 3.58. The molecule has 1 aromatic heterocycles. The fourth-order valence-corrected chi connectivity index (χ4v) is 2.58. The molecule has 1 amide bonds. The Morgan fingerprint density at radius 1 is 1.27 bits per heavy atom. The first-order valence-corrected chi connectivity index (χ1v) is 8.38. The van der Waals surface area contributed by atoms with Gasteiger partial charge in [-0.25, -0.2) is 0 Å². The van der Waals surface area contributed by atoms with Crippen molar-refractivity contribution in [1.29, 1.82) is 0 Å². The van der Waals surface area contributed by atoms with Gasteiger partial charge in [-0.3, -0.25) is 19.1 Å². The number of carboxylic acids is 1. The molecule has 0 atom stereocenters. The second kappa shape index (κ2) is 7.70. The number of nitrogens with one attached hydrogen (secondary N) is 1. The van der Waals surface area contributed by atoms with Gasteiger partial charge in [0.1, 0.15) is 5.69 Å².